The molecule has 2 aromatic rings. The van der Waals surface area contributed by atoms with Crippen molar-refractivity contribution in [2.45, 2.75) is 18.2 Å². The second kappa shape index (κ2) is 9.97. The second-order valence-corrected chi connectivity index (χ2v) is 9.44. The van der Waals surface area contributed by atoms with Crippen molar-refractivity contribution in [3.63, 3.8) is 0 Å². The summed E-state index contributed by atoms with van der Waals surface area (Å²) in [6.45, 7) is 2.98. The van der Waals surface area contributed by atoms with Crippen LogP contribution >= 0.6 is 0 Å². The van der Waals surface area contributed by atoms with Gasteiger partial charge in [-0.15, -0.1) is 0 Å². The number of hydrogen-bond donors (Lipinski definition) is 2. The van der Waals surface area contributed by atoms with Gasteiger partial charge in [0.25, 0.3) is 10.0 Å². The van der Waals surface area contributed by atoms with Gasteiger partial charge in [0.2, 0.25) is 5.96 Å². The number of aliphatic imine (C=N–C) groups is 1. The molecule has 1 saturated heterocycles. The summed E-state index contributed by atoms with van der Waals surface area (Å²) in [6, 6.07) is 13.4. The normalized spacial score (nSPS) is 16.7. The number of methoxy groups -OCH3 is 1. The monoisotopic (exact) mass is 456 g/mol. The Morgan fingerprint density at radius 1 is 1.28 bits per heavy atom. The third-order valence-electron chi connectivity index (χ3n) is 5.13. The summed E-state index contributed by atoms with van der Waals surface area (Å²) < 4.78 is 33.1. The summed E-state index contributed by atoms with van der Waals surface area (Å²) in [7, 11) is -0.572. The Labute approximate surface area is 189 Å². The molecular weight excluding hydrogens is 428 g/mol. The minimum atomic E-state index is -3.85. The Morgan fingerprint density at radius 2 is 2.00 bits per heavy atom. The number of sulfonamides is 1. The molecule has 0 amide bonds. The number of amidine groups is 1. The van der Waals surface area contributed by atoms with E-state index in [9.17, 15) is 13.5 Å². The fourth-order valence-electron chi connectivity index (χ4n) is 3.27. The first-order valence-electron chi connectivity index (χ1n) is 10.2. The number of aromatic hydroxyl groups is 1. The van der Waals surface area contributed by atoms with E-state index in [1.54, 1.807) is 67.6 Å². The van der Waals surface area contributed by atoms with Crippen molar-refractivity contribution in [2.24, 2.45) is 4.99 Å². The van der Waals surface area contributed by atoms with Crippen LogP contribution in [0.3, 0.4) is 0 Å². The topological polar surface area (TPSA) is 106 Å². The summed E-state index contributed by atoms with van der Waals surface area (Å²) in [5.74, 6) is 0.264. The van der Waals surface area contributed by atoms with Crippen molar-refractivity contribution in [2.75, 3.05) is 33.9 Å². The zero-order chi connectivity index (χ0) is 23.3. The van der Waals surface area contributed by atoms with Crippen molar-refractivity contribution < 1.29 is 18.3 Å². The zero-order valence-electron chi connectivity index (χ0n) is 18.4. The molecule has 170 valence electrons. The molecule has 2 N–H and O–H groups in total. The maximum absolute atomic E-state index is 13.4. The van der Waals surface area contributed by atoms with Crippen molar-refractivity contribution in [3.05, 3.63) is 65.2 Å². The van der Waals surface area contributed by atoms with Crippen molar-refractivity contribution in [1.82, 2.24) is 9.21 Å². The van der Waals surface area contributed by atoms with Crippen LogP contribution in [0.2, 0.25) is 0 Å². The smallest absolute Gasteiger partial charge is 0.265 e. The second-order valence-electron chi connectivity index (χ2n) is 7.58. The molecule has 1 aliphatic rings. The van der Waals surface area contributed by atoms with Crippen LogP contribution in [0.5, 0.6) is 5.75 Å². The van der Waals surface area contributed by atoms with Crippen LogP contribution in [0, 0.1) is 12.3 Å². The van der Waals surface area contributed by atoms with E-state index in [2.05, 4.69) is 4.99 Å². The van der Waals surface area contributed by atoms with Crippen LogP contribution in [0.4, 0.5) is 0 Å². The van der Waals surface area contributed by atoms with Crippen molar-refractivity contribution in [3.8, 4) is 5.75 Å². The van der Waals surface area contributed by atoms with Gasteiger partial charge in [-0.1, -0.05) is 29.8 Å². The van der Waals surface area contributed by atoms with E-state index in [0.717, 1.165) is 11.1 Å². The van der Waals surface area contributed by atoms with E-state index in [1.165, 1.54) is 4.31 Å². The van der Waals surface area contributed by atoms with Gasteiger partial charge in [0, 0.05) is 27.2 Å². The maximum Gasteiger partial charge on any atom is 0.265 e. The van der Waals surface area contributed by atoms with E-state index >= 15 is 0 Å². The quantitative estimate of drug-likeness (QED) is 0.513. The Hall–Kier alpha value is -3.17. The highest BCUT2D eigenvalue weighted by molar-refractivity contribution is 7.89. The molecule has 8 nitrogen and oxygen atoms in total. The number of phenolic OH excluding ortho intramolecular Hbond substituents is 1. The molecule has 1 heterocycles. The Kier molecular flexibility index (Phi) is 7.32. The van der Waals surface area contributed by atoms with Gasteiger partial charge in [-0.3, -0.25) is 5.41 Å². The molecule has 0 unspecified atom stereocenters. The van der Waals surface area contributed by atoms with E-state index in [1.807, 2.05) is 13.0 Å². The van der Waals surface area contributed by atoms with Gasteiger partial charge in [0.1, 0.15) is 11.6 Å². The van der Waals surface area contributed by atoms with Gasteiger partial charge >= 0.3 is 0 Å². The number of benzene rings is 2. The first-order chi connectivity index (χ1) is 15.2. The summed E-state index contributed by atoms with van der Waals surface area (Å²) in [5.41, 5.74) is 2.36. The fourth-order valence-corrected chi connectivity index (χ4v) is 4.72. The Balaban J connectivity index is 2.03. The lowest BCUT2D eigenvalue weighted by atomic mass is 10.1. The molecule has 0 saturated carbocycles. The fraction of sp³-hybridized carbons (Fsp3) is 0.304. The summed E-state index contributed by atoms with van der Waals surface area (Å²) >= 11 is 0. The average Bonchev–Trinajstić information content (AvgIpc) is 3.15. The molecule has 1 fully saturated rings. The number of hydrogen-bond acceptors (Lipinski definition) is 5. The number of nitrogens with zero attached hydrogens (tertiary/aromatic N) is 3. The lowest BCUT2D eigenvalue weighted by Crippen LogP contribution is -2.35. The highest BCUT2D eigenvalue weighted by Crippen LogP contribution is 2.29. The van der Waals surface area contributed by atoms with Gasteiger partial charge in [-0.05, 0) is 54.8 Å². The van der Waals surface area contributed by atoms with E-state index < -0.39 is 10.0 Å². The van der Waals surface area contributed by atoms with Gasteiger partial charge in [-0.25, -0.2) is 12.7 Å². The highest BCUT2D eigenvalue weighted by Gasteiger charge is 2.35. The lowest BCUT2D eigenvalue weighted by Gasteiger charge is -2.21. The molecule has 0 radical (unpaired) electrons. The third-order valence-corrected chi connectivity index (χ3v) is 6.94. The molecule has 9 heteroatoms. The minimum absolute atomic E-state index is 0.0649. The van der Waals surface area contributed by atoms with Crippen LogP contribution in [-0.2, 0) is 14.8 Å². The molecular formula is C23H28N4O4S. The molecule has 0 bridgehead atoms. The van der Waals surface area contributed by atoms with Gasteiger partial charge in [0.05, 0.1) is 11.5 Å². The molecule has 1 aliphatic heterocycles. The largest absolute Gasteiger partial charge is 0.508 e. The first-order valence-corrected chi connectivity index (χ1v) is 11.6. The standard InChI is InChI=1S/C23H28N4O4S/c1-17-7-9-21(10-8-17)32(29,30)27-12-11-19(15-18-5-4-6-20(28)16-18)22(27)25-23(24)26(2)13-14-31-3/h4-10,15-16,24,28H,11-14H2,1-3H3. The Bertz CT molecular complexity index is 1140. The number of likely N-dealkylation sites (N-methyl/N-ethyl adjacent to an activating group) is 1. The zero-order valence-corrected chi connectivity index (χ0v) is 19.3. The van der Waals surface area contributed by atoms with Gasteiger partial charge < -0.3 is 14.7 Å². The van der Waals surface area contributed by atoms with Gasteiger partial charge in [0.15, 0.2) is 0 Å². The van der Waals surface area contributed by atoms with Crippen molar-refractivity contribution >= 4 is 27.9 Å². The number of phenols is 1. The summed E-state index contributed by atoms with van der Waals surface area (Å²) in [6.07, 6.45) is 2.24. The van der Waals surface area contributed by atoms with Crippen molar-refractivity contribution in [1.29, 1.82) is 5.41 Å². The Morgan fingerprint density at radius 3 is 2.66 bits per heavy atom. The predicted molar refractivity (Wildman–Crippen MR) is 125 cm³/mol. The molecule has 0 aliphatic carbocycles. The summed E-state index contributed by atoms with van der Waals surface area (Å²) in [4.78, 5) is 6.18. The molecule has 0 spiro atoms. The number of aryl methyl sites for hydroxylation is 1. The molecule has 0 aromatic heterocycles. The summed E-state index contributed by atoms with van der Waals surface area (Å²) in [5, 5.41) is 18.2. The predicted octanol–water partition coefficient (Wildman–Crippen LogP) is 3.09. The van der Waals surface area contributed by atoms with Crippen LogP contribution in [0.1, 0.15) is 17.5 Å². The third kappa shape index (κ3) is 5.35. The SMILES string of the molecule is COCCN(C)C(=N)N=C1C(=Cc2cccc(O)c2)CCN1S(=O)(=O)c1ccc(C)cc1. The van der Waals surface area contributed by atoms with E-state index in [4.69, 9.17) is 10.1 Å². The number of nitrogens with one attached hydrogen (secondary N) is 1. The number of rotatable bonds is 6. The van der Waals surface area contributed by atoms with E-state index in [-0.39, 0.29) is 29.0 Å². The molecule has 3 rings (SSSR count). The molecule has 32 heavy (non-hydrogen) atoms. The average molecular weight is 457 g/mol. The first kappa shape index (κ1) is 23.5. The molecule has 0 atom stereocenters. The minimum Gasteiger partial charge on any atom is -0.508 e. The van der Waals surface area contributed by atoms with Gasteiger partial charge in [-0.2, -0.15) is 4.99 Å². The lowest BCUT2D eigenvalue weighted by molar-refractivity contribution is 0.182. The van der Waals surface area contributed by atoms with Crippen LogP contribution in [0.25, 0.3) is 6.08 Å². The van der Waals surface area contributed by atoms with E-state index in [0.29, 0.717) is 25.1 Å². The number of ether oxygens (including phenoxy) is 1. The van der Waals surface area contributed by atoms with Crippen LogP contribution < -0.4 is 0 Å². The van der Waals surface area contributed by atoms with Crippen LogP contribution in [0.15, 0.2) is 64.0 Å². The highest BCUT2D eigenvalue weighted by atomic mass is 32.2. The van der Waals surface area contributed by atoms with Crippen LogP contribution in [-0.4, -0.2) is 68.4 Å². The molecule has 2 aromatic carbocycles. The maximum atomic E-state index is 13.4. The number of guanidine groups is 1.